The summed E-state index contributed by atoms with van der Waals surface area (Å²) in [7, 11) is 0. The molecule has 0 aromatic heterocycles. The van der Waals surface area contributed by atoms with Crippen LogP contribution >= 0.6 is 24.8 Å². The average Bonchev–Trinajstić information content (AvgIpc) is 2.62. The van der Waals surface area contributed by atoms with Crippen molar-refractivity contribution in [2.75, 3.05) is 11.9 Å². The highest BCUT2D eigenvalue weighted by molar-refractivity contribution is 5.95. The summed E-state index contributed by atoms with van der Waals surface area (Å²) in [6, 6.07) is 14.4. The molecule has 1 aliphatic rings. The molecule has 1 unspecified atom stereocenters. The molecule has 3 N–H and O–H groups in total. The molecule has 0 saturated carbocycles. The van der Waals surface area contributed by atoms with Crippen molar-refractivity contribution in [2.45, 2.75) is 26.0 Å². The highest BCUT2D eigenvalue weighted by Crippen LogP contribution is 2.33. The molecule has 0 spiro atoms. The van der Waals surface area contributed by atoms with Crippen LogP contribution < -0.4 is 11.1 Å². The van der Waals surface area contributed by atoms with Crippen LogP contribution in [0.25, 0.3) is 0 Å². The summed E-state index contributed by atoms with van der Waals surface area (Å²) in [5.74, 6) is 0. The zero-order valence-electron chi connectivity index (χ0n) is 14.5. The lowest BCUT2D eigenvalue weighted by Gasteiger charge is -2.27. The first kappa shape index (κ1) is 22.0. The number of hydrogen-bond donors (Lipinski definition) is 2. The van der Waals surface area contributed by atoms with Gasteiger partial charge in [-0.3, -0.25) is 4.79 Å². The van der Waals surface area contributed by atoms with Crippen molar-refractivity contribution in [2.24, 2.45) is 10.7 Å². The molecule has 5 nitrogen and oxygen atoms in total. The van der Waals surface area contributed by atoms with Gasteiger partial charge in [0.15, 0.2) is 12.4 Å². The maximum Gasteiger partial charge on any atom is 0.290 e. The van der Waals surface area contributed by atoms with Crippen molar-refractivity contribution < 1.29 is 9.53 Å². The smallest absolute Gasteiger partial charge is 0.290 e. The van der Waals surface area contributed by atoms with Gasteiger partial charge in [0, 0.05) is 24.3 Å². The minimum absolute atomic E-state index is 0. The third kappa shape index (κ3) is 4.75. The predicted octanol–water partition coefficient (Wildman–Crippen LogP) is 3.58. The quantitative estimate of drug-likeness (QED) is 0.758. The zero-order chi connectivity index (χ0) is 16.9. The van der Waals surface area contributed by atoms with Crippen LogP contribution in [0, 0.1) is 6.92 Å². The number of amidine groups is 1. The molecule has 7 heteroatoms. The third-order valence-electron chi connectivity index (χ3n) is 4.23. The molecule has 1 atom stereocenters. The van der Waals surface area contributed by atoms with Crippen LogP contribution in [-0.2, 0) is 22.5 Å². The number of carbonyl (C=O) groups is 1. The summed E-state index contributed by atoms with van der Waals surface area (Å²) in [6.45, 7) is 2.98. The summed E-state index contributed by atoms with van der Waals surface area (Å²) >= 11 is 0. The normalized spacial score (nSPS) is 16.4. The maximum atomic E-state index is 11.5. The SMILES string of the molecule is Cc1c(CN)ccc2c1C(C=O)OC(=NCCc1ccccc1)N2.Cl.Cl. The fourth-order valence-electron chi connectivity index (χ4n) is 2.90. The summed E-state index contributed by atoms with van der Waals surface area (Å²) in [6.07, 6.45) is 0.974. The summed E-state index contributed by atoms with van der Waals surface area (Å²) in [5, 5.41) is 3.17. The number of nitrogens with one attached hydrogen (secondary N) is 1. The number of rotatable bonds is 5. The van der Waals surface area contributed by atoms with Crippen LogP contribution in [0.4, 0.5) is 5.69 Å². The van der Waals surface area contributed by atoms with Crippen molar-refractivity contribution in [1.29, 1.82) is 0 Å². The van der Waals surface area contributed by atoms with E-state index in [9.17, 15) is 4.79 Å². The number of nitrogens with zero attached hydrogens (tertiary/aromatic N) is 1. The Labute approximate surface area is 165 Å². The third-order valence-corrected chi connectivity index (χ3v) is 4.23. The molecule has 0 fully saturated rings. The molecular formula is C19H23Cl2N3O2. The number of carbonyl (C=O) groups excluding carboxylic acids is 1. The highest BCUT2D eigenvalue weighted by Gasteiger charge is 2.27. The summed E-state index contributed by atoms with van der Waals surface area (Å²) in [5.41, 5.74) is 10.7. The van der Waals surface area contributed by atoms with Gasteiger partial charge in [-0.2, -0.15) is 0 Å². The van der Waals surface area contributed by atoms with Crippen LogP contribution in [0.5, 0.6) is 0 Å². The van der Waals surface area contributed by atoms with Crippen LogP contribution in [0.3, 0.4) is 0 Å². The Balaban J connectivity index is 0.00000169. The van der Waals surface area contributed by atoms with E-state index >= 15 is 0 Å². The number of halogens is 2. The molecule has 2 aromatic carbocycles. The van der Waals surface area contributed by atoms with E-state index in [4.69, 9.17) is 10.5 Å². The van der Waals surface area contributed by atoms with Gasteiger partial charge in [0.05, 0.1) is 0 Å². The first-order chi connectivity index (χ1) is 11.7. The molecule has 3 rings (SSSR count). The van der Waals surface area contributed by atoms with E-state index in [2.05, 4.69) is 22.4 Å². The Bertz CT molecular complexity index is 767. The molecule has 0 saturated heterocycles. The number of aliphatic imine (C=N–C) groups is 1. The van der Waals surface area contributed by atoms with Gasteiger partial charge in [-0.05, 0) is 36.1 Å². The Morgan fingerprint density at radius 1 is 1.19 bits per heavy atom. The van der Waals surface area contributed by atoms with Gasteiger partial charge in [0.1, 0.15) is 0 Å². The Hall–Kier alpha value is -2.08. The number of nitrogens with two attached hydrogens (primary N) is 1. The molecule has 140 valence electrons. The van der Waals surface area contributed by atoms with E-state index < -0.39 is 6.10 Å². The molecule has 0 bridgehead atoms. The molecule has 0 radical (unpaired) electrons. The van der Waals surface area contributed by atoms with Crippen molar-refractivity contribution >= 4 is 42.8 Å². The van der Waals surface area contributed by atoms with Crippen LogP contribution in [0.15, 0.2) is 47.5 Å². The second-order valence-electron chi connectivity index (χ2n) is 5.74. The lowest BCUT2D eigenvalue weighted by molar-refractivity contribution is -0.114. The number of anilines is 1. The molecule has 1 heterocycles. The Kier molecular flexibility index (Phi) is 8.58. The highest BCUT2D eigenvalue weighted by atomic mass is 35.5. The van der Waals surface area contributed by atoms with Crippen molar-refractivity contribution in [1.82, 2.24) is 0 Å². The first-order valence-corrected chi connectivity index (χ1v) is 8.02. The van der Waals surface area contributed by atoms with Crippen LogP contribution in [0.1, 0.15) is 28.4 Å². The standard InChI is InChI=1S/C19H21N3O2.2ClH/c1-13-15(11-20)7-8-16-18(13)17(12-23)24-19(22-16)21-10-9-14-5-3-2-4-6-14;;/h2-8,12,17H,9-11,20H2,1H3,(H,21,22);2*1H. The van der Waals surface area contributed by atoms with Crippen molar-refractivity contribution in [3.63, 3.8) is 0 Å². The monoisotopic (exact) mass is 395 g/mol. The van der Waals surface area contributed by atoms with Crippen LogP contribution in [-0.4, -0.2) is 18.9 Å². The minimum Gasteiger partial charge on any atom is -0.449 e. The number of benzene rings is 2. The number of aldehydes is 1. The average molecular weight is 396 g/mol. The van der Waals surface area contributed by atoms with Gasteiger partial charge in [-0.15, -0.1) is 24.8 Å². The second-order valence-corrected chi connectivity index (χ2v) is 5.74. The van der Waals surface area contributed by atoms with Gasteiger partial charge < -0.3 is 15.8 Å². The van der Waals surface area contributed by atoms with Crippen molar-refractivity contribution in [3.8, 4) is 0 Å². The molecular weight excluding hydrogens is 373 g/mol. The van der Waals surface area contributed by atoms with Gasteiger partial charge in [-0.25, -0.2) is 4.99 Å². The molecule has 0 aliphatic carbocycles. The van der Waals surface area contributed by atoms with Crippen molar-refractivity contribution in [3.05, 3.63) is 64.7 Å². The fraction of sp³-hybridized carbons (Fsp3) is 0.263. The topological polar surface area (TPSA) is 76.7 Å². The van der Waals surface area contributed by atoms with E-state index in [0.29, 0.717) is 19.1 Å². The Morgan fingerprint density at radius 3 is 2.58 bits per heavy atom. The number of ether oxygens (including phenoxy) is 1. The molecule has 26 heavy (non-hydrogen) atoms. The lowest BCUT2D eigenvalue weighted by Crippen LogP contribution is -2.28. The summed E-state index contributed by atoms with van der Waals surface area (Å²) < 4.78 is 5.71. The molecule has 1 aliphatic heterocycles. The molecule has 2 aromatic rings. The number of hydrogen-bond acceptors (Lipinski definition) is 4. The Morgan fingerprint density at radius 2 is 1.92 bits per heavy atom. The van der Waals surface area contributed by atoms with E-state index in [1.54, 1.807) is 0 Å². The lowest BCUT2D eigenvalue weighted by atomic mass is 9.96. The predicted molar refractivity (Wildman–Crippen MR) is 110 cm³/mol. The summed E-state index contributed by atoms with van der Waals surface area (Å²) in [4.78, 5) is 15.9. The molecule has 0 amide bonds. The maximum absolute atomic E-state index is 11.5. The first-order valence-electron chi connectivity index (χ1n) is 8.02. The fourth-order valence-corrected chi connectivity index (χ4v) is 2.90. The van der Waals surface area contributed by atoms with E-state index in [-0.39, 0.29) is 24.8 Å². The number of fused-ring (bicyclic) bond motifs is 1. The van der Waals surface area contributed by atoms with E-state index in [0.717, 1.165) is 35.1 Å². The minimum atomic E-state index is -0.650. The van der Waals surface area contributed by atoms with Gasteiger partial charge in [-0.1, -0.05) is 36.4 Å². The van der Waals surface area contributed by atoms with Crippen LogP contribution in [0.2, 0.25) is 0 Å². The second kappa shape index (κ2) is 10.2. The van der Waals surface area contributed by atoms with Gasteiger partial charge in [0.2, 0.25) is 0 Å². The zero-order valence-corrected chi connectivity index (χ0v) is 16.1. The van der Waals surface area contributed by atoms with Gasteiger partial charge in [0.25, 0.3) is 6.02 Å². The van der Waals surface area contributed by atoms with E-state index in [1.807, 2.05) is 37.3 Å². The van der Waals surface area contributed by atoms with Gasteiger partial charge >= 0.3 is 0 Å². The van der Waals surface area contributed by atoms with E-state index in [1.165, 1.54) is 5.56 Å². The largest absolute Gasteiger partial charge is 0.449 e.